The van der Waals surface area contributed by atoms with E-state index in [1.54, 1.807) is 29.2 Å². The van der Waals surface area contributed by atoms with Crippen molar-refractivity contribution >= 4 is 61.5 Å². The number of nitrogens with two attached hydrogens (primary N) is 1. The first-order valence-electron chi connectivity index (χ1n) is 12.3. The van der Waals surface area contributed by atoms with Gasteiger partial charge in [-0.05, 0) is 36.1 Å². The predicted octanol–water partition coefficient (Wildman–Crippen LogP) is 6.11. The number of carbonyl (C=O) groups excluding carboxylic acids is 2. The first kappa shape index (κ1) is 28.0. The minimum Gasteiger partial charge on any atom is -0.384 e. The number of thioether (sulfide) groups is 1. The largest absolute Gasteiger partial charge is 0.384 e. The first-order valence-corrected chi connectivity index (χ1v) is 14.9. The van der Waals surface area contributed by atoms with E-state index < -0.39 is 11.7 Å². The number of carbonyl (C=O) groups is 2. The maximum Gasteiger partial charge on any atom is 0.234 e. The van der Waals surface area contributed by atoms with E-state index in [0.29, 0.717) is 37.3 Å². The highest BCUT2D eigenvalue weighted by molar-refractivity contribution is 9.10. The highest BCUT2D eigenvalue weighted by atomic mass is 79.9. The molecule has 2 aromatic carbocycles. The lowest BCUT2D eigenvalue weighted by Crippen LogP contribution is -2.42. The van der Waals surface area contributed by atoms with Crippen LogP contribution >= 0.6 is 39.0 Å². The van der Waals surface area contributed by atoms with Crippen LogP contribution in [-0.4, -0.2) is 27.6 Å². The first-order chi connectivity index (χ1) is 19.1. The quantitative estimate of drug-likeness (QED) is 0.310. The number of nitrogens with zero attached hydrogens (tertiary/aromatic N) is 4. The summed E-state index contributed by atoms with van der Waals surface area (Å²) in [5.74, 6) is -1.64. The van der Waals surface area contributed by atoms with Crippen LogP contribution in [0.25, 0.3) is 0 Å². The molecule has 0 bridgehead atoms. The molecule has 8 nitrogen and oxygen atoms in total. The highest BCUT2D eigenvalue weighted by Gasteiger charge is 2.46. The highest BCUT2D eigenvalue weighted by Crippen LogP contribution is 2.51. The molecule has 1 aliphatic heterocycles. The number of anilines is 2. The second-order valence-corrected chi connectivity index (χ2v) is 13.3. The summed E-state index contributed by atoms with van der Waals surface area (Å²) in [5, 5.41) is 21.9. The number of rotatable bonds is 6. The topological polar surface area (TPSA) is 125 Å². The number of benzene rings is 2. The standard InChI is InChI=1S/C28H24BrFN6O2S2/c1-28(2)11-20-24(21(37)12-28)23(17-9-8-15(29)10-19(17)30)18(13-31)25(32)36(20)26-34-35-27(40-26)39-14-22(38)33-16-6-4-3-5-7-16/h3-10,23H,11-12,14,32H2,1-2H3,(H,33,38). The summed E-state index contributed by atoms with van der Waals surface area (Å²) in [6, 6.07) is 15.8. The molecule has 5 rings (SSSR count). The summed E-state index contributed by atoms with van der Waals surface area (Å²) in [6.07, 6.45) is 0.713. The molecule has 2 heterocycles. The van der Waals surface area contributed by atoms with Crippen LogP contribution in [0.2, 0.25) is 0 Å². The van der Waals surface area contributed by atoms with Crippen molar-refractivity contribution in [3.05, 3.63) is 87.0 Å². The Balaban J connectivity index is 1.50. The molecule has 0 radical (unpaired) electrons. The fourth-order valence-electron chi connectivity index (χ4n) is 4.97. The monoisotopic (exact) mass is 638 g/mol. The van der Waals surface area contributed by atoms with E-state index in [1.807, 2.05) is 32.0 Å². The summed E-state index contributed by atoms with van der Waals surface area (Å²) in [4.78, 5) is 27.6. The summed E-state index contributed by atoms with van der Waals surface area (Å²) >= 11 is 5.69. The summed E-state index contributed by atoms with van der Waals surface area (Å²) in [5.41, 5.74) is 8.12. The number of Topliss-reactive ketones (excluding diaryl/α,β-unsaturated/α-hetero) is 1. The van der Waals surface area contributed by atoms with Crippen LogP contribution in [0.4, 0.5) is 15.2 Å². The Labute approximate surface area is 247 Å². The molecule has 0 fully saturated rings. The van der Waals surface area contributed by atoms with Gasteiger partial charge in [0.15, 0.2) is 10.1 Å². The molecular formula is C28H24BrFN6O2S2. The summed E-state index contributed by atoms with van der Waals surface area (Å²) < 4.78 is 16.3. The van der Waals surface area contributed by atoms with Crippen LogP contribution in [0.5, 0.6) is 0 Å². The van der Waals surface area contributed by atoms with Crippen LogP contribution in [0.15, 0.2) is 80.0 Å². The van der Waals surface area contributed by atoms with Crippen molar-refractivity contribution in [2.75, 3.05) is 16.0 Å². The molecule has 12 heteroatoms. The zero-order chi connectivity index (χ0) is 28.6. The number of halogens is 2. The van der Waals surface area contributed by atoms with Gasteiger partial charge in [-0.25, -0.2) is 4.39 Å². The summed E-state index contributed by atoms with van der Waals surface area (Å²) in [7, 11) is 0. The Morgan fingerprint density at radius 2 is 2.02 bits per heavy atom. The van der Waals surface area contributed by atoms with Gasteiger partial charge in [0.2, 0.25) is 11.0 Å². The zero-order valence-corrected chi connectivity index (χ0v) is 24.8. The van der Waals surface area contributed by atoms with E-state index >= 15 is 4.39 Å². The molecule has 2 aliphatic rings. The number of hydrogen-bond donors (Lipinski definition) is 2. The third-order valence-electron chi connectivity index (χ3n) is 6.63. The van der Waals surface area contributed by atoms with Gasteiger partial charge in [0, 0.05) is 33.4 Å². The van der Waals surface area contributed by atoms with Crippen molar-refractivity contribution in [1.29, 1.82) is 5.26 Å². The maximum absolute atomic E-state index is 15.2. The molecule has 1 aliphatic carbocycles. The second kappa shape index (κ2) is 11.2. The number of allylic oxidation sites excluding steroid dienone is 3. The Morgan fingerprint density at radius 1 is 1.27 bits per heavy atom. The number of nitriles is 1. The third kappa shape index (κ3) is 5.54. The minimum absolute atomic E-state index is 0.0691. The SMILES string of the molecule is CC1(C)CC(=O)C2=C(C1)N(c1nnc(SCC(=O)Nc3ccccc3)s1)C(N)=C(C#N)C2c1ccc(Br)cc1F. The van der Waals surface area contributed by atoms with E-state index in [-0.39, 0.29) is 46.2 Å². The van der Waals surface area contributed by atoms with Crippen LogP contribution in [0, 0.1) is 22.6 Å². The van der Waals surface area contributed by atoms with Crippen molar-refractivity contribution in [2.45, 2.75) is 36.9 Å². The molecule has 40 heavy (non-hydrogen) atoms. The number of amides is 1. The van der Waals surface area contributed by atoms with Crippen LogP contribution in [-0.2, 0) is 9.59 Å². The van der Waals surface area contributed by atoms with Crippen molar-refractivity contribution in [3.63, 3.8) is 0 Å². The number of aromatic nitrogens is 2. The lowest BCUT2D eigenvalue weighted by atomic mass is 9.68. The van der Waals surface area contributed by atoms with E-state index in [2.05, 4.69) is 37.5 Å². The minimum atomic E-state index is -0.934. The number of nitrogens with one attached hydrogen (secondary N) is 1. The van der Waals surface area contributed by atoms with Crippen molar-refractivity contribution in [2.24, 2.45) is 11.1 Å². The van der Waals surface area contributed by atoms with Crippen LogP contribution in [0.3, 0.4) is 0 Å². The average molecular weight is 640 g/mol. The van der Waals surface area contributed by atoms with Gasteiger partial charge in [-0.1, -0.05) is 77.1 Å². The predicted molar refractivity (Wildman–Crippen MR) is 157 cm³/mol. The van der Waals surface area contributed by atoms with Crippen LogP contribution < -0.4 is 16.0 Å². The summed E-state index contributed by atoms with van der Waals surface area (Å²) in [6.45, 7) is 3.96. The van der Waals surface area contributed by atoms with Gasteiger partial charge in [0.1, 0.15) is 11.6 Å². The Hall–Kier alpha value is -3.53. The Kier molecular flexibility index (Phi) is 7.81. The third-order valence-corrected chi connectivity index (χ3v) is 9.16. The molecule has 3 aromatic rings. The Morgan fingerprint density at radius 3 is 2.73 bits per heavy atom. The van der Waals surface area contributed by atoms with E-state index in [1.165, 1.54) is 29.2 Å². The fraction of sp³-hybridized carbons (Fsp3) is 0.250. The smallest absolute Gasteiger partial charge is 0.234 e. The molecular weight excluding hydrogens is 615 g/mol. The van der Waals surface area contributed by atoms with Crippen molar-refractivity contribution in [1.82, 2.24) is 10.2 Å². The van der Waals surface area contributed by atoms with Gasteiger partial charge < -0.3 is 11.1 Å². The van der Waals surface area contributed by atoms with Crippen molar-refractivity contribution in [3.8, 4) is 6.07 Å². The number of ketones is 1. The zero-order valence-electron chi connectivity index (χ0n) is 21.6. The molecule has 1 aromatic heterocycles. The lowest BCUT2D eigenvalue weighted by Gasteiger charge is -2.42. The molecule has 0 saturated carbocycles. The molecule has 0 saturated heterocycles. The molecule has 0 spiro atoms. The molecule has 1 amide bonds. The average Bonchev–Trinajstić information content (AvgIpc) is 3.35. The fourth-order valence-corrected chi connectivity index (χ4v) is 6.98. The lowest BCUT2D eigenvalue weighted by molar-refractivity contribution is -0.118. The molecule has 3 N–H and O–H groups in total. The molecule has 1 unspecified atom stereocenters. The number of para-hydroxylation sites is 1. The van der Waals surface area contributed by atoms with Gasteiger partial charge in [0.25, 0.3) is 0 Å². The molecule has 1 atom stereocenters. The van der Waals surface area contributed by atoms with E-state index in [0.717, 1.165) is 0 Å². The van der Waals surface area contributed by atoms with Gasteiger partial charge in [-0.3, -0.25) is 14.5 Å². The maximum atomic E-state index is 15.2. The van der Waals surface area contributed by atoms with Gasteiger partial charge >= 0.3 is 0 Å². The van der Waals surface area contributed by atoms with Gasteiger partial charge in [-0.15, -0.1) is 10.2 Å². The second-order valence-electron chi connectivity index (χ2n) is 10.2. The van der Waals surface area contributed by atoms with E-state index in [9.17, 15) is 14.9 Å². The Bertz CT molecular complexity index is 1610. The molecule has 204 valence electrons. The van der Waals surface area contributed by atoms with Gasteiger partial charge in [-0.2, -0.15) is 5.26 Å². The van der Waals surface area contributed by atoms with Crippen LogP contribution in [0.1, 0.15) is 38.2 Å². The van der Waals surface area contributed by atoms with E-state index in [4.69, 9.17) is 5.73 Å². The van der Waals surface area contributed by atoms with Gasteiger partial charge in [0.05, 0.1) is 23.3 Å². The number of hydrogen-bond acceptors (Lipinski definition) is 9. The van der Waals surface area contributed by atoms with Crippen molar-refractivity contribution < 1.29 is 14.0 Å². The normalized spacial score (nSPS) is 18.4.